The molecule has 160 valence electrons. The Balaban J connectivity index is 1.44. The molecule has 3 N–H and O–H groups in total. The minimum atomic E-state index is 0.518. The molecule has 30 heavy (non-hydrogen) atoms. The molecule has 0 aliphatic carbocycles. The van der Waals surface area contributed by atoms with E-state index in [4.69, 9.17) is 21.7 Å². The second kappa shape index (κ2) is 12.3. The number of hydrazone groups is 1. The lowest BCUT2D eigenvalue weighted by Crippen LogP contribution is -3.14. The molecule has 0 bridgehead atoms. The molecule has 2 aromatic carbocycles. The van der Waals surface area contributed by atoms with Crippen molar-refractivity contribution in [1.82, 2.24) is 10.7 Å². The van der Waals surface area contributed by atoms with Crippen LogP contribution in [0.5, 0.6) is 5.75 Å². The van der Waals surface area contributed by atoms with Gasteiger partial charge in [-0.15, -0.1) is 0 Å². The van der Waals surface area contributed by atoms with Gasteiger partial charge in [0.2, 0.25) is 0 Å². The van der Waals surface area contributed by atoms with E-state index in [1.54, 1.807) is 4.90 Å². The Morgan fingerprint density at radius 2 is 1.83 bits per heavy atom. The summed E-state index contributed by atoms with van der Waals surface area (Å²) in [5.74, 6) is 0.803. The van der Waals surface area contributed by atoms with Crippen LogP contribution in [0, 0.1) is 0 Å². The standard InChI is InChI=1S/C23H30N4O2S/c1-19(25-26-23(30)24-12-7-13-27-14-16-28-17-15-27)21-10-5-6-11-22(21)29-18-20-8-3-2-4-9-20/h2-6,8-11H,7,12-18H2,1H3,(H2,24,26,30)/p+1/b25-19-. The fourth-order valence-corrected chi connectivity index (χ4v) is 3.46. The lowest BCUT2D eigenvalue weighted by atomic mass is 10.1. The second-order valence-electron chi connectivity index (χ2n) is 7.30. The number of hydrogen-bond donors (Lipinski definition) is 3. The number of thiocarbonyl (C=S) groups is 1. The fourth-order valence-electron chi connectivity index (χ4n) is 3.31. The highest BCUT2D eigenvalue weighted by Crippen LogP contribution is 2.20. The van der Waals surface area contributed by atoms with E-state index in [0.717, 1.165) is 68.4 Å². The third-order valence-corrected chi connectivity index (χ3v) is 5.27. The molecule has 6 nitrogen and oxygen atoms in total. The summed E-state index contributed by atoms with van der Waals surface area (Å²) in [6.45, 7) is 8.36. The highest BCUT2D eigenvalue weighted by molar-refractivity contribution is 7.80. The molecule has 7 heteroatoms. The molecule has 0 aromatic heterocycles. The first kappa shape index (κ1) is 22.2. The third kappa shape index (κ3) is 7.40. The number of para-hydroxylation sites is 1. The van der Waals surface area contributed by atoms with Crippen molar-refractivity contribution in [3.8, 4) is 5.75 Å². The highest BCUT2D eigenvalue weighted by Gasteiger charge is 2.12. The Hall–Kier alpha value is -2.48. The van der Waals surface area contributed by atoms with Crippen LogP contribution in [-0.4, -0.2) is 50.2 Å². The zero-order chi connectivity index (χ0) is 21.0. The maximum Gasteiger partial charge on any atom is 0.186 e. The second-order valence-corrected chi connectivity index (χ2v) is 7.71. The fraction of sp³-hybridized carbons (Fsp3) is 0.391. The van der Waals surface area contributed by atoms with Crippen LogP contribution in [0.25, 0.3) is 0 Å². The van der Waals surface area contributed by atoms with Crippen molar-refractivity contribution in [3.63, 3.8) is 0 Å². The predicted molar refractivity (Wildman–Crippen MR) is 124 cm³/mol. The van der Waals surface area contributed by atoms with Crippen molar-refractivity contribution < 1.29 is 14.4 Å². The van der Waals surface area contributed by atoms with E-state index in [9.17, 15) is 0 Å². The minimum Gasteiger partial charge on any atom is -0.488 e. The average Bonchev–Trinajstić information content (AvgIpc) is 2.80. The van der Waals surface area contributed by atoms with Crippen LogP contribution in [0.3, 0.4) is 0 Å². The SMILES string of the molecule is C/C(=N/NC(=S)NCCC[NH+]1CCOCC1)c1ccccc1OCc1ccccc1. The number of morpholine rings is 1. The largest absolute Gasteiger partial charge is 0.488 e. The molecule has 0 radical (unpaired) electrons. The van der Waals surface area contributed by atoms with Gasteiger partial charge in [0.25, 0.3) is 0 Å². The van der Waals surface area contributed by atoms with Crippen LogP contribution in [0.2, 0.25) is 0 Å². The number of benzene rings is 2. The van der Waals surface area contributed by atoms with E-state index >= 15 is 0 Å². The smallest absolute Gasteiger partial charge is 0.186 e. The molecule has 0 amide bonds. The summed E-state index contributed by atoms with van der Waals surface area (Å²) in [5.41, 5.74) is 5.84. The molecular formula is C23H31N4O2S+. The number of ether oxygens (including phenoxy) is 2. The molecule has 1 heterocycles. The van der Waals surface area contributed by atoms with Gasteiger partial charge in [-0.05, 0) is 36.8 Å². The van der Waals surface area contributed by atoms with Gasteiger partial charge in [0, 0.05) is 18.5 Å². The molecular weight excluding hydrogens is 396 g/mol. The Bertz CT molecular complexity index is 823. The van der Waals surface area contributed by atoms with Crippen LogP contribution in [0.4, 0.5) is 0 Å². The average molecular weight is 428 g/mol. The monoisotopic (exact) mass is 427 g/mol. The molecule has 1 aliphatic heterocycles. The summed E-state index contributed by atoms with van der Waals surface area (Å²) < 4.78 is 11.4. The lowest BCUT2D eigenvalue weighted by molar-refractivity contribution is -0.908. The van der Waals surface area contributed by atoms with Crippen molar-refractivity contribution in [3.05, 3.63) is 65.7 Å². The van der Waals surface area contributed by atoms with Crippen LogP contribution >= 0.6 is 12.2 Å². The van der Waals surface area contributed by atoms with Crippen LogP contribution in [0.1, 0.15) is 24.5 Å². The predicted octanol–water partition coefficient (Wildman–Crippen LogP) is 1.76. The molecule has 3 rings (SSSR count). The summed E-state index contributed by atoms with van der Waals surface area (Å²) in [4.78, 5) is 1.60. The molecule has 0 atom stereocenters. The molecule has 0 spiro atoms. The van der Waals surface area contributed by atoms with Gasteiger partial charge in [-0.2, -0.15) is 5.10 Å². The highest BCUT2D eigenvalue weighted by atomic mass is 32.1. The summed E-state index contributed by atoms with van der Waals surface area (Å²) in [5, 5.41) is 8.20. The molecule has 1 fully saturated rings. The minimum absolute atomic E-state index is 0.518. The zero-order valence-corrected chi connectivity index (χ0v) is 18.3. The lowest BCUT2D eigenvalue weighted by Gasteiger charge is -2.23. The van der Waals surface area contributed by atoms with Gasteiger partial charge in [-0.3, -0.25) is 5.43 Å². The van der Waals surface area contributed by atoms with Crippen LogP contribution in [0.15, 0.2) is 59.7 Å². The van der Waals surface area contributed by atoms with Gasteiger partial charge in [0.05, 0.1) is 25.5 Å². The quantitative estimate of drug-likeness (QED) is 0.246. The van der Waals surface area contributed by atoms with Gasteiger partial charge in [-0.25, -0.2) is 0 Å². The Morgan fingerprint density at radius 3 is 2.63 bits per heavy atom. The zero-order valence-electron chi connectivity index (χ0n) is 17.5. The summed E-state index contributed by atoms with van der Waals surface area (Å²) in [7, 11) is 0. The van der Waals surface area contributed by atoms with Gasteiger partial charge >= 0.3 is 0 Å². The topological polar surface area (TPSA) is 59.3 Å². The normalized spacial score (nSPS) is 14.9. The van der Waals surface area contributed by atoms with Crippen molar-refractivity contribution >= 4 is 23.0 Å². The van der Waals surface area contributed by atoms with E-state index < -0.39 is 0 Å². The number of nitrogens with one attached hydrogen (secondary N) is 3. The van der Waals surface area contributed by atoms with E-state index in [2.05, 4.69) is 28.0 Å². The van der Waals surface area contributed by atoms with Crippen molar-refractivity contribution in [1.29, 1.82) is 0 Å². The first-order chi connectivity index (χ1) is 14.7. The molecule has 2 aromatic rings. The third-order valence-electron chi connectivity index (χ3n) is 5.03. The Labute approximate surface area is 184 Å². The van der Waals surface area contributed by atoms with Gasteiger partial charge in [-0.1, -0.05) is 42.5 Å². The number of hydrogen-bond acceptors (Lipinski definition) is 4. The summed E-state index contributed by atoms with van der Waals surface area (Å²) >= 11 is 5.35. The van der Waals surface area contributed by atoms with E-state index in [1.165, 1.54) is 0 Å². The number of quaternary nitrogens is 1. The number of rotatable bonds is 9. The van der Waals surface area contributed by atoms with E-state index in [0.29, 0.717) is 11.7 Å². The van der Waals surface area contributed by atoms with Gasteiger partial charge in [0.1, 0.15) is 25.4 Å². The molecule has 1 aliphatic rings. The van der Waals surface area contributed by atoms with Gasteiger partial charge in [0.15, 0.2) is 5.11 Å². The van der Waals surface area contributed by atoms with Crippen molar-refractivity contribution in [2.45, 2.75) is 20.0 Å². The molecule has 1 saturated heterocycles. The van der Waals surface area contributed by atoms with Crippen LogP contribution < -0.4 is 20.4 Å². The Morgan fingerprint density at radius 1 is 1.10 bits per heavy atom. The summed E-state index contributed by atoms with van der Waals surface area (Å²) in [6, 6.07) is 18.0. The Kier molecular flexibility index (Phi) is 9.08. The first-order valence-corrected chi connectivity index (χ1v) is 10.9. The maximum absolute atomic E-state index is 6.02. The number of nitrogens with zero attached hydrogens (tertiary/aromatic N) is 1. The molecule has 0 saturated carbocycles. The molecule has 0 unspecified atom stereocenters. The van der Waals surface area contributed by atoms with Gasteiger partial charge < -0.3 is 19.7 Å². The first-order valence-electron chi connectivity index (χ1n) is 10.5. The van der Waals surface area contributed by atoms with E-state index in [-0.39, 0.29) is 0 Å². The van der Waals surface area contributed by atoms with E-state index in [1.807, 2.05) is 49.4 Å². The van der Waals surface area contributed by atoms with Crippen molar-refractivity contribution in [2.75, 3.05) is 39.4 Å². The van der Waals surface area contributed by atoms with Crippen LogP contribution in [-0.2, 0) is 11.3 Å². The van der Waals surface area contributed by atoms with Crippen molar-refractivity contribution in [2.24, 2.45) is 5.10 Å². The maximum atomic E-state index is 6.02. The summed E-state index contributed by atoms with van der Waals surface area (Å²) in [6.07, 6.45) is 1.07.